The van der Waals surface area contributed by atoms with Gasteiger partial charge in [0.1, 0.15) is 10.8 Å². The summed E-state index contributed by atoms with van der Waals surface area (Å²) in [6, 6.07) is 4.65. The van der Waals surface area contributed by atoms with Gasteiger partial charge in [0.25, 0.3) is 0 Å². The zero-order valence-corrected chi connectivity index (χ0v) is 11.7. The van der Waals surface area contributed by atoms with Gasteiger partial charge in [-0.15, -0.1) is 11.3 Å². The second-order valence-corrected chi connectivity index (χ2v) is 5.78. The maximum atomic E-state index is 5.77. The van der Waals surface area contributed by atoms with Gasteiger partial charge in [-0.1, -0.05) is 19.4 Å². The van der Waals surface area contributed by atoms with E-state index in [9.17, 15) is 0 Å². The highest BCUT2D eigenvalue weighted by atomic mass is 32.1. The molecule has 0 amide bonds. The van der Waals surface area contributed by atoms with Gasteiger partial charge >= 0.3 is 0 Å². The molecule has 0 spiro atoms. The van der Waals surface area contributed by atoms with Crippen LogP contribution in [0.25, 0.3) is 0 Å². The number of hydrogen-bond acceptors (Lipinski definition) is 5. The summed E-state index contributed by atoms with van der Waals surface area (Å²) < 4.78 is 4.17. The highest BCUT2D eigenvalue weighted by Gasteiger charge is 2.15. The standard InChI is InChI=1S/C12H17N3S2/c1-3-5-9(10-6-4-7-16-10)14-12-8(2)11(13)15-17-12/h4,6-7,9,14H,3,5H2,1-2H3,(H2,13,15). The molecule has 0 aromatic carbocycles. The van der Waals surface area contributed by atoms with Gasteiger partial charge in [0.15, 0.2) is 0 Å². The number of anilines is 2. The zero-order valence-electron chi connectivity index (χ0n) is 10.1. The maximum Gasteiger partial charge on any atom is 0.142 e. The molecular formula is C12H17N3S2. The third-order valence-electron chi connectivity index (χ3n) is 2.73. The third-order valence-corrected chi connectivity index (χ3v) is 4.61. The molecule has 0 saturated carbocycles. The van der Waals surface area contributed by atoms with E-state index in [0.717, 1.165) is 23.4 Å². The van der Waals surface area contributed by atoms with Crippen molar-refractivity contribution in [3.63, 3.8) is 0 Å². The summed E-state index contributed by atoms with van der Waals surface area (Å²) in [6.45, 7) is 4.22. The van der Waals surface area contributed by atoms with Crippen LogP contribution in [0.2, 0.25) is 0 Å². The average molecular weight is 267 g/mol. The molecule has 3 nitrogen and oxygen atoms in total. The number of hydrogen-bond donors (Lipinski definition) is 2. The molecule has 0 aliphatic rings. The first-order chi connectivity index (χ1) is 8.22. The van der Waals surface area contributed by atoms with E-state index in [1.165, 1.54) is 16.4 Å². The van der Waals surface area contributed by atoms with E-state index < -0.39 is 0 Å². The first-order valence-electron chi connectivity index (χ1n) is 5.74. The van der Waals surface area contributed by atoms with Crippen LogP contribution in [0.3, 0.4) is 0 Å². The minimum atomic E-state index is 0.374. The lowest BCUT2D eigenvalue weighted by Gasteiger charge is -2.17. The predicted octanol–water partition coefficient (Wildman–Crippen LogP) is 4.05. The van der Waals surface area contributed by atoms with Gasteiger partial charge in [0.05, 0.1) is 6.04 Å². The number of nitrogens with one attached hydrogen (secondary N) is 1. The van der Waals surface area contributed by atoms with Crippen molar-refractivity contribution in [2.24, 2.45) is 0 Å². The molecule has 2 aromatic rings. The van der Waals surface area contributed by atoms with Crippen molar-refractivity contribution in [3.05, 3.63) is 28.0 Å². The lowest BCUT2D eigenvalue weighted by molar-refractivity contribution is 0.689. The summed E-state index contributed by atoms with van der Waals surface area (Å²) >= 11 is 3.24. The molecule has 0 aliphatic heterocycles. The topological polar surface area (TPSA) is 50.9 Å². The van der Waals surface area contributed by atoms with Crippen molar-refractivity contribution in [2.75, 3.05) is 11.1 Å². The molecule has 0 fully saturated rings. The molecule has 1 atom stereocenters. The molecule has 2 rings (SSSR count). The minimum absolute atomic E-state index is 0.374. The summed E-state index contributed by atoms with van der Waals surface area (Å²) in [5, 5.41) is 6.77. The number of nitrogen functional groups attached to an aromatic ring is 1. The van der Waals surface area contributed by atoms with Crippen molar-refractivity contribution >= 4 is 33.7 Å². The molecule has 2 aromatic heterocycles. The van der Waals surface area contributed by atoms with Crippen LogP contribution >= 0.6 is 22.9 Å². The molecule has 2 heterocycles. The predicted molar refractivity (Wildman–Crippen MR) is 76.9 cm³/mol. The summed E-state index contributed by atoms with van der Waals surface area (Å²) in [4.78, 5) is 1.37. The Kier molecular flexibility index (Phi) is 4.02. The van der Waals surface area contributed by atoms with E-state index in [2.05, 4.69) is 34.1 Å². The number of thiophene rings is 1. The van der Waals surface area contributed by atoms with Crippen LogP contribution in [-0.4, -0.2) is 4.37 Å². The fraction of sp³-hybridized carbons (Fsp3) is 0.417. The van der Waals surface area contributed by atoms with Crippen LogP contribution < -0.4 is 11.1 Å². The van der Waals surface area contributed by atoms with Gasteiger partial charge < -0.3 is 11.1 Å². The van der Waals surface area contributed by atoms with Gasteiger partial charge in [-0.05, 0) is 36.3 Å². The SMILES string of the molecule is CCCC(Nc1snc(N)c1C)c1cccs1. The van der Waals surface area contributed by atoms with E-state index in [-0.39, 0.29) is 0 Å². The lowest BCUT2D eigenvalue weighted by Crippen LogP contribution is -2.08. The van der Waals surface area contributed by atoms with Crippen LogP contribution in [0, 0.1) is 6.92 Å². The van der Waals surface area contributed by atoms with Gasteiger partial charge in [0.2, 0.25) is 0 Å². The molecule has 0 aliphatic carbocycles. The average Bonchev–Trinajstić information content (AvgIpc) is 2.93. The van der Waals surface area contributed by atoms with E-state index in [1.54, 1.807) is 11.3 Å². The zero-order chi connectivity index (χ0) is 12.3. The third kappa shape index (κ3) is 2.79. The minimum Gasteiger partial charge on any atom is -0.383 e. The normalized spacial score (nSPS) is 12.6. The summed E-state index contributed by atoms with van der Waals surface area (Å²) in [6.07, 6.45) is 2.28. The van der Waals surface area contributed by atoms with Crippen LogP contribution in [-0.2, 0) is 0 Å². The van der Waals surface area contributed by atoms with Crippen molar-refractivity contribution in [1.82, 2.24) is 4.37 Å². The number of rotatable bonds is 5. The number of nitrogens with zero attached hydrogens (tertiary/aromatic N) is 1. The molecule has 92 valence electrons. The molecule has 0 bridgehead atoms. The van der Waals surface area contributed by atoms with Crippen LogP contribution in [0.5, 0.6) is 0 Å². The smallest absolute Gasteiger partial charge is 0.142 e. The molecule has 5 heteroatoms. The fourth-order valence-corrected chi connectivity index (χ4v) is 3.28. The molecule has 0 saturated heterocycles. The monoisotopic (exact) mass is 267 g/mol. The maximum absolute atomic E-state index is 5.77. The Labute approximate surface area is 110 Å². The number of nitrogens with two attached hydrogens (primary N) is 1. The quantitative estimate of drug-likeness (QED) is 0.859. The second-order valence-electron chi connectivity index (χ2n) is 4.02. The Morgan fingerprint density at radius 2 is 2.35 bits per heavy atom. The summed E-state index contributed by atoms with van der Waals surface area (Å²) in [7, 11) is 0. The Morgan fingerprint density at radius 3 is 2.88 bits per heavy atom. The number of aromatic nitrogens is 1. The van der Waals surface area contributed by atoms with Crippen molar-refractivity contribution in [2.45, 2.75) is 32.7 Å². The van der Waals surface area contributed by atoms with E-state index >= 15 is 0 Å². The van der Waals surface area contributed by atoms with E-state index in [4.69, 9.17) is 5.73 Å². The lowest BCUT2D eigenvalue weighted by atomic mass is 10.1. The van der Waals surface area contributed by atoms with Gasteiger partial charge in [-0.25, -0.2) is 0 Å². The summed E-state index contributed by atoms with van der Waals surface area (Å²) in [5.74, 6) is 0.638. The van der Waals surface area contributed by atoms with Crippen molar-refractivity contribution in [3.8, 4) is 0 Å². The summed E-state index contributed by atoms with van der Waals surface area (Å²) in [5.41, 5.74) is 6.83. The van der Waals surface area contributed by atoms with Gasteiger partial charge in [-0.3, -0.25) is 0 Å². The van der Waals surface area contributed by atoms with Crippen LogP contribution in [0.1, 0.15) is 36.2 Å². The van der Waals surface area contributed by atoms with Crippen LogP contribution in [0.4, 0.5) is 10.8 Å². The fourth-order valence-electron chi connectivity index (χ4n) is 1.70. The second kappa shape index (κ2) is 5.51. The van der Waals surface area contributed by atoms with Crippen molar-refractivity contribution in [1.29, 1.82) is 0 Å². The van der Waals surface area contributed by atoms with E-state index in [0.29, 0.717) is 11.9 Å². The first kappa shape index (κ1) is 12.4. The van der Waals surface area contributed by atoms with Crippen molar-refractivity contribution < 1.29 is 0 Å². The molecule has 3 N–H and O–H groups in total. The van der Waals surface area contributed by atoms with E-state index in [1.807, 2.05) is 6.92 Å². The molecule has 17 heavy (non-hydrogen) atoms. The highest BCUT2D eigenvalue weighted by molar-refractivity contribution is 7.11. The van der Waals surface area contributed by atoms with Gasteiger partial charge in [-0.2, -0.15) is 4.37 Å². The van der Waals surface area contributed by atoms with Gasteiger partial charge in [0, 0.05) is 10.4 Å². The highest BCUT2D eigenvalue weighted by Crippen LogP contribution is 2.32. The first-order valence-corrected chi connectivity index (χ1v) is 7.39. The Balaban J connectivity index is 2.16. The Hall–Kier alpha value is -1.07. The molecule has 1 unspecified atom stereocenters. The Bertz CT molecular complexity index is 462. The largest absolute Gasteiger partial charge is 0.383 e. The Morgan fingerprint density at radius 1 is 1.53 bits per heavy atom. The molecular weight excluding hydrogens is 250 g/mol. The van der Waals surface area contributed by atoms with Crippen LogP contribution in [0.15, 0.2) is 17.5 Å². The molecule has 0 radical (unpaired) electrons.